The molecule has 0 heterocycles. The second-order valence-electron chi connectivity index (χ2n) is 4.43. The molecule has 15 heavy (non-hydrogen) atoms. The summed E-state index contributed by atoms with van der Waals surface area (Å²) in [5, 5.41) is 13.2. The molecule has 88 valence electrons. The van der Waals surface area contributed by atoms with Crippen molar-refractivity contribution in [1.29, 1.82) is 0 Å². The highest BCUT2D eigenvalue weighted by Crippen LogP contribution is 2.42. The second-order valence-corrected chi connectivity index (χ2v) is 4.43. The third-order valence-electron chi connectivity index (χ3n) is 3.14. The summed E-state index contributed by atoms with van der Waals surface area (Å²) < 4.78 is 25.9. The molecule has 2 aliphatic carbocycles. The summed E-state index contributed by atoms with van der Waals surface area (Å²) in [4.78, 5) is 4.68. The van der Waals surface area contributed by atoms with E-state index in [0.29, 0.717) is 6.42 Å². The first-order chi connectivity index (χ1) is 6.97. The van der Waals surface area contributed by atoms with Crippen LogP contribution in [0.4, 0.5) is 8.78 Å². The van der Waals surface area contributed by atoms with Gasteiger partial charge in [-0.05, 0) is 24.5 Å². The number of hydroxylamine groups is 2. The standard InChI is InChI=1S/C9H16F2N2O2/c1-15-13(14)9(4-5-9)12-7-2-3-8(10,11)6-7/h7,12,14H,2-6H2,1H3/t7-/m1/s1. The molecule has 2 aliphatic rings. The van der Waals surface area contributed by atoms with Gasteiger partial charge in [-0.3, -0.25) is 15.4 Å². The van der Waals surface area contributed by atoms with E-state index in [-0.39, 0.29) is 18.9 Å². The maximum atomic E-state index is 12.9. The number of hydrogen-bond donors (Lipinski definition) is 2. The van der Waals surface area contributed by atoms with Crippen molar-refractivity contribution in [3.8, 4) is 0 Å². The average molecular weight is 222 g/mol. The maximum absolute atomic E-state index is 12.9. The Hall–Kier alpha value is -0.300. The zero-order valence-corrected chi connectivity index (χ0v) is 8.67. The smallest absolute Gasteiger partial charge is 0.249 e. The number of halogens is 2. The summed E-state index contributed by atoms with van der Waals surface area (Å²) >= 11 is 0. The molecule has 0 aliphatic heterocycles. The number of nitrogens with one attached hydrogen (secondary N) is 1. The molecular formula is C9H16F2N2O2. The van der Waals surface area contributed by atoms with E-state index in [1.54, 1.807) is 0 Å². The molecule has 0 amide bonds. The fraction of sp³-hybridized carbons (Fsp3) is 1.00. The lowest BCUT2D eigenvalue weighted by Crippen LogP contribution is -2.50. The maximum Gasteiger partial charge on any atom is 0.249 e. The van der Waals surface area contributed by atoms with Crippen molar-refractivity contribution >= 4 is 0 Å². The van der Waals surface area contributed by atoms with Gasteiger partial charge in [-0.25, -0.2) is 8.78 Å². The fourth-order valence-electron chi connectivity index (χ4n) is 2.14. The monoisotopic (exact) mass is 222 g/mol. The molecule has 6 heteroatoms. The van der Waals surface area contributed by atoms with Gasteiger partial charge in [0.05, 0.1) is 7.11 Å². The van der Waals surface area contributed by atoms with Crippen molar-refractivity contribution in [2.45, 2.75) is 49.7 Å². The van der Waals surface area contributed by atoms with Gasteiger partial charge in [0.1, 0.15) is 5.66 Å². The van der Waals surface area contributed by atoms with E-state index in [1.165, 1.54) is 7.11 Å². The Bertz CT molecular complexity index is 246. The van der Waals surface area contributed by atoms with E-state index in [0.717, 1.165) is 18.1 Å². The van der Waals surface area contributed by atoms with Gasteiger partial charge < -0.3 is 0 Å². The minimum absolute atomic E-state index is 0.0703. The molecule has 0 aromatic carbocycles. The third-order valence-corrected chi connectivity index (χ3v) is 3.14. The lowest BCUT2D eigenvalue weighted by atomic mass is 10.2. The molecule has 0 aromatic rings. The molecule has 2 saturated carbocycles. The Labute approximate surface area is 87.1 Å². The van der Waals surface area contributed by atoms with Crippen LogP contribution in [0.1, 0.15) is 32.1 Å². The van der Waals surface area contributed by atoms with E-state index in [2.05, 4.69) is 10.2 Å². The Morgan fingerprint density at radius 1 is 1.40 bits per heavy atom. The lowest BCUT2D eigenvalue weighted by molar-refractivity contribution is -0.363. The molecule has 0 spiro atoms. The summed E-state index contributed by atoms with van der Waals surface area (Å²) in [7, 11) is 1.35. The predicted molar refractivity (Wildman–Crippen MR) is 48.3 cm³/mol. The fourth-order valence-corrected chi connectivity index (χ4v) is 2.14. The number of alkyl halides is 2. The van der Waals surface area contributed by atoms with Crippen molar-refractivity contribution in [1.82, 2.24) is 10.5 Å². The first-order valence-electron chi connectivity index (χ1n) is 5.16. The Morgan fingerprint density at radius 2 is 2.07 bits per heavy atom. The van der Waals surface area contributed by atoms with Crippen LogP contribution < -0.4 is 5.32 Å². The van der Waals surface area contributed by atoms with Gasteiger partial charge in [0.15, 0.2) is 0 Å². The van der Waals surface area contributed by atoms with E-state index in [1.807, 2.05) is 0 Å². The highest BCUT2D eigenvalue weighted by molar-refractivity contribution is 5.01. The normalized spacial score (nSPS) is 32.2. The van der Waals surface area contributed by atoms with Gasteiger partial charge in [-0.15, -0.1) is 0 Å². The van der Waals surface area contributed by atoms with Crippen LogP contribution in [-0.4, -0.2) is 35.2 Å². The molecule has 1 atom stereocenters. The van der Waals surface area contributed by atoms with Crippen LogP contribution in [0.25, 0.3) is 0 Å². The summed E-state index contributed by atoms with van der Waals surface area (Å²) in [5.41, 5.74) is -0.625. The summed E-state index contributed by atoms with van der Waals surface area (Å²) in [5.74, 6) is -2.55. The van der Waals surface area contributed by atoms with Gasteiger partial charge in [0.25, 0.3) is 0 Å². The average Bonchev–Trinajstić information content (AvgIpc) is 2.86. The van der Waals surface area contributed by atoms with Crippen LogP contribution in [0.15, 0.2) is 0 Å². The Balaban J connectivity index is 1.88. The SMILES string of the molecule is CON(O)C1(N[C@@H]2CCC(F)(F)C2)CC1. The molecule has 2 rings (SSSR count). The van der Waals surface area contributed by atoms with Crippen molar-refractivity contribution < 1.29 is 18.8 Å². The van der Waals surface area contributed by atoms with Crippen LogP contribution in [0.3, 0.4) is 0 Å². The van der Waals surface area contributed by atoms with E-state index >= 15 is 0 Å². The molecule has 4 nitrogen and oxygen atoms in total. The zero-order chi connectivity index (χ0) is 11.1. The van der Waals surface area contributed by atoms with Crippen molar-refractivity contribution in [2.24, 2.45) is 0 Å². The van der Waals surface area contributed by atoms with E-state index in [4.69, 9.17) is 0 Å². The summed E-state index contributed by atoms with van der Waals surface area (Å²) in [6.07, 6.45) is 1.68. The van der Waals surface area contributed by atoms with Crippen molar-refractivity contribution in [2.75, 3.05) is 7.11 Å². The van der Waals surface area contributed by atoms with Gasteiger partial charge in [0, 0.05) is 18.9 Å². The molecule has 0 unspecified atom stereocenters. The van der Waals surface area contributed by atoms with E-state index < -0.39 is 11.6 Å². The lowest BCUT2D eigenvalue weighted by Gasteiger charge is -2.27. The minimum Gasteiger partial charge on any atom is -0.292 e. The minimum atomic E-state index is -2.55. The zero-order valence-electron chi connectivity index (χ0n) is 8.67. The van der Waals surface area contributed by atoms with Gasteiger partial charge in [-0.2, -0.15) is 0 Å². The van der Waals surface area contributed by atoms with Crippen LogP contribution in [-0.2, 0) is 4.84 Å². The summed E-state index contributed by atoms with van der Waals surface area (Å²) in [6, 6.07) is -0.229. The predicted octanol–water partition coefficient (Wildman–Crippen LogP) is 1.51. The number of hydrogen-bond acceptors (Lipinski definition) is 4. The number of rotatable bonds is 4. The van der Waals surface area contributed by atoms with Crippen LogP contribution in [0, 0.1) is 0 Å². The first kappa shape index (κ1) is 11.2. The molecule has 2 fully saturated rings. The van der Waals surface area contributed by atoms with Crippen LogP contribution in [0.2, 0.25) is 0 Å². The first-order valence-corrected chi connectivity index (χ1v) is 5.16. The molecule has 0 aromatic heterocycles. The Morgan fingerprint density at radius 3 is 2.47 bits per heavy atom. The highest BCUT2D eigenvalue weighted by atomic mass is 19.3. The molecule has 0 radical (unpaired) electrons. The van der Waals surface area contributed by atoms with Crippen LogP contribution >= 0.6 is 0 Å². The molecule has 2 N–H and O–H groups in total. The number of nitrogens with zero attached hydrogens (tertiary/aromatic N) is 1. The molecule has 0 saturated heterocycles. The third kappa shape index (κ3) is 2.28. The molecule has 0 bridgehead atoms. The Kier molecular flexibility index (Phi) is 2.70. The van der Waals surface area contributed by atoms with Crippen molar-refractivity contribution in [3.05, 3.63) is 0 Å². The summed E-state index contributed by atoms with van der Waals surface area (Å²) in [6.45, 7) is 0. The van der Waals surface area contributed by atoms with Gasteiger partial charge in [-0.1, -0.05) is 0 Å². The topological polar surface area (TPSA) is 44.7 Å². The van der Waals surface area contributed by atoms with Crippen LogP contribution in [0.5, 0.6) is 0 Å². The van der Waals surface area contributed by atoms with E-state index in [9.17, 15) is 14.0 Å². The highest BCUT2D eigenvalue weighted by Gasteiger charge is 2.52. The van der Waals surface area contributed by atoms with Gasteiger partial charge in [0.2, 0.25) is 5.92 Å². The van der Waals surface area contributed by atoms with Gasteiger partial charge >= 0.3 is 0 Å². The molecular weight excluding hydrogens is 206 g/mol. The largest absolute Gasteiger partial charge is 0.292 e. The second kappa shape index (κ2) is 3.62. The van der Waals surface area contributed by atoms with Crippen molar-refractivity contribution in [3.63, 3.8) is 0 Å². The quantitative estimate of drug-likeness (QED) is 0.559.